The summed E-state index contributed by atoms with van der Waals surface area (Å²) in [5, 5.41) is 0. The van der Waals surface area contributed by atoms with Crippen LogP contribution in [-0.2, 0) is 19.1 Å². The van der Waals surface area contributed by atoms with Crippen LogP contribution < -0.4 is 0 Å². The van der Waals surface area contributed by atoms with E-state index in [-0.39, 0.29) is 5.97 Å². The van der Waals surface area contributed by atoms with Crippen molar-refractivity contribution in [2.24, 2.45) is 5.92 Å². The van der Waals surface area contributed by atoms with E-state index in [0.29, 0.717) is 0 Å². The summed E-state index contributed by atoms with van der Waals surface area (Å²) in [7, 11) is 1.30. The van der Waals surface area contributed by atoms with Gasteiger partial charge in [-0.3, -0.25) is 9.59 Å². The third kappa shape index (κ3) is 3.37. The van der Waals surface area contributed by atoms with Crippen LogP contribution in [0, 0.1) is 5.92 Å². The molecule has 0 aromatic rings. The third-order valence-corrected chi connectivity index (χ3v) is 1.63. The molecule has 0 bridgehead atoms. The van der Waals surface area contributed by atoms with Crippen molar-refractivity contribution in [2.75, 3.05) is 7.11 Å². The fourth-order valence-corrected chi connectivity index (χ4v) is 0.741. The Kier molecular flexibility index (Phi) is 4.33. The smallest absolute Gasteiger partial charge is 0.312 e. The van der Waals surface area contributed by atoms with Crippen LogP contribution in [0.15, 0.2) is 0 Å². The predicted molar refractivity (Wildman–Crippen MR) is 42.4 cm³/mol. The van der Waals surface area contributed by atoms with Crippen molar-refractivity contribution in [2.45, 2.75) is 26.9 Å². The van der Waals surface area contributed by atoms with Crippen molar-refractivity contribution in [3.63, 3.8) is 0 Å². The number of hydrogen-bond donors (Lipinski definition) is 0. The van der Waals surface area contributed by atoms with Crippen LogP contribution in [0.3, 0.4) is 0 Å². The molecule has 0 fully saturated rings. The third-order valence-electron chi connectivity index (χ3n) is 1.63. The van der Waals surface area contributed by atoms with Crippen molar-refractivity contribution in [1.82, 2.24) is 0 Å². The second-order valence-electron chi connectivity index (χ2n) is 2.63. The SMILES string of the molecule is COC(=O)[C@H](C)[C@H](C)OC(C)=O. The molecule has 4 heteroatoms. The predicted octanol–water partition coefficient (Wildman–Crippen LogP) is 0.747. The lowest BCUT2D eigenvalue weighted by Crippen LogP contribution is -2.28. The molecule has 0 aliphatic carbocycles. The molecule has 0 aliphatic rings. The van der Waals surface area contributed by atoms with Crippen LogP contribution >= 0.6 is 0 Å². The average molecular weight is 174 g/mol. The Balaban J connectivity index is 4.00. The Hall–Kier alpha value is -1.06. The lowest BCUT2D eigenvalue weighted by atomic mass is 10.1. The second-order valence-corrected chi connectivity index (χ2v) is 2.63. The van der Waals surface area contributed by atoms with E-state index in [1.807, 2.05) is 0 Å². The Morgan fingerprint density at radius 1 is 1.25 bits per heavy atom. The minimum absolute atomic E-state index is 0.372. The minimum Gasteiger partial charge on any atom is -0.469 e. The first kappa shape index (κ1) is 10.9. The van der Waals surface area contributed by atoms with Gasteiger partial charge in [-0.1, -0.05) is 0 Å². The fourth-order valence-electron chi connectivity index (χ4n) is 0.741. The van der Waals surface area contributed by atoms with E-state index in [1.54, 1.807) is 13.8 Å². The Morgan fingerprint density at radius 2 is 1.75 bits per heavy atom. The monoisotopic (exact) mass is 174 g/mol. The topological polar surface area (TPSA) is 52.6 Å². The van der Waals surface area contributed by atoms with Crippen LogP contribution in [0.5, 0.6) is 0 Å². The number of ether oxygens (including phenoxy) is 2. The van der Waals surface area contributed by atoms with Gasteiger partial charge in [0.25, 0.3) is 0 Å². The highest BCUT2D eigenvalue weighted by Gasteiger charge is 2.22. The molecular weight excluding hydrogens is 160 g/mol. The van der Waals surface area contributed by atoms with Gasteiger partial charge in [-0.25, -0.2) is 0 Å². The lowest BCUT2D eigenvalue weighted by molar-refractivity contribution is -0.156. The quantitative estimate of drug-likeness (QED) is 0.592. The highest BCUT2D eigenvalue weighted by atomic mass is 16.6. The molecule has 12 heavy (non-hydrogen) atoms. The van der Waals surface area contributed by atoms with Gasteiger partial charge < -0.3 is 9.47 Å². The molecule has 0 radical (unpaired) electrons. The maximum absolute atomic E-state index is 10.9. The zero-order chi connectivity index (χ0) is 9.72. The molecule has 0 aromatic heterocycles. The number of hydrogen-bond acceptors (Lipinski definition) is 4. The number of methoxy groups -OCH3 is 1. The summed E-state index contributed by atoms with van der Waals surface area (Å²) in [6, 6.07) is 0. The molecule has 0 aliphatic heterocycles. The Morgan fingerprint density at radius 3 is 2.08 bits per heavy atom. The summed E-state index contributed by atoms with van der Waals surface area (Å²) in [4.78, 5) is 21.4. The molecule has 2 atom stereocenters. The zero-order valence-corrected chi connectivity index (χ0v) is 7.79. The van der Waals surface area contributed by atoms with E-state index < -0.39 is 18.0 Å². The molecule has 0 spiro atoms. The summed E-state index contributed by atoms with van der Waals surface area (Å²) in [6.45, 7) is 4.61. The highest BCUT2D eigenvalue weighted by Crippen LogP contribution is 2.08. The van der Waals surface area contributed by atoms with E-state index in [1.165, 1.54) is 14.0 Å². The minimum atomic E-state index is -0.435. The molecule has 0 saturated carbocycles. The highest BCUT2D eigenvalue weighted by molar-refractivity contribution is 5.73. The molecule has 0 amide bonds. The summed E-state index contributed by atoms with van der Waals surface area (Å²) in [5.74, 6) is -1.18. The summed E-state index contributed by atoms with van der Waals surface area (Å²) in [6.07, 6.45) is -0.435. The molecule has 70 valence electrons. The van der Waals surface area contributed by atoms with E-state index in [9.17, 15) is 9.59 Å². The van der Waals surface area contributed by atoms with Crippen molar-refractivity contribution >= 4 is 11.9 Å². The van der Waals surface area contributed by atoms with Gasteiger partial charge in [0, 0.05) is 6.92 Å². The summed E-state index contributed by atoms with van der Waals surface area (Å²) >= 11 is 0. The average Bonchev–Trinajstić information content (AvgIpc) is 2.00. The molecule has 0 N–H and O–H groups in total. The summed E-state index contributed by atoms with van der Waals surface area (Å²) < 4.78 is 9.28. The van der Waals surface area contributed by atoms with Gasteiger partial charge in [0.05, 0.1) is 13.0 Å². The molecule has 0 heterocycles. The molecular formula is C8H14O4. The van der Waals surface area contributed by atoms with Crippen LogP contribution in [0.4, 0.5) is 0 Å². The van der Waals surface area contributed by atoms with E-state index in [2.05, 4.69) is 4.74 Å². The maximum atomic E-state index is 10.9. The molecule has 4 nitrogen and oxygen atoms in total. The molecule has 0 rings (SSSR count). The van der Waals surface area contributed by atoms with E-state index >= 15 is 0 Å². The van der Waals surface area contributed by atoms with E-state index in [0.717, 1.165) is 0 Å². The molecule has 0 saturated heterocycles. The fraction of sp³-hybridized carbons (Fsp3) is 0.750. The van der Waals surface area contributed by atoms with Crippen molar-refractivity contribution in [3.05, 3.63) is 0 Å². The first-order chi connectivity index (χ1) is 5.49. The van der Waals surface area contributed by atoms with Crippen molar-refractivity contribution < 1.29 is 19.1 Å². The van der Waals surface area contributed by atoms with Crippen LogP contribution in [0.25, 0.3) is 0 Å². The number of rotatable bonds is 3. The zero-order valence-electron chi connectivity index (χ0n) is 7.79. The largest absolute Gasteiger partial charge is 0.469 e. The van der Waals surface area contributed by atoms with Gasteiger partial charge >= 0.3 is 11.9 Å². The van der Waals surface area contributed by atoms with Gasteiger partial charge in [-0.15, -0.1) is 0 Å². The first-order valence-electron chi connectivity index (χ1n) is 3.74. The molecule has 0 unspecified atom stereocenters. The molecule has 0 aromatic carbocycles. The van der Waals surface area contributed by atoms with Gasteiger partial charge in [-0.2, -0.15) is 0 Å². The van der Waals surface area contributed by atoms with E-state index in [4.69, 9.17) is 4.74 Å². The standard InChI is InChI=1S/C8H14O4/c1-5(8(10)11-4)6(2)12-7(3)9/h5-6H,1-4H3/t5-,6+/m1/s1. The van der Waals surface area contributed by atoms with Gasteiger partial charge in [-0.05, 0) is 13.8 Å². The van der Waals surface area contributed by atoms with Crippen LogP contribution in [0.2, 0.25) is 0 Å². The van der Waals surface area contributed by atoms with Gasteiger partial charge in [0.15, 0.2) is 0 Å². The summed E-state index contributed by atoms with van der Waals surface area (Å²) in [5.41, 5.74) is 0. The maximum Gasteiger partial charge on any atom is 0.312 e. The second kappa shape index (κ2) is 4.74. The normalized spacial score (nSPS) is 14.7. The van der Waals surface area contributed by atoms with Crippen LogP contribution in [0.1, 0.15) is 20.8 Å². The number of carbonyl (C=O) groups is 2. The van der Waals surface area contributed by atoms with Crippen molar-refractivity contribution in [3.8, 4) is 0 Å². The number of esters is 2. The number of carbonyl (C=O) groups excluding carboxylic acids is 2. The van der Waals surface area contributed by atoms with Gasteiger partial charge in [0.2, 0.25) is 0 Å². The van der Waals surface area contributed by atoms with Crippen molar-refractivity contribution in [1.29, 1.82) is 0 Å². The van der Waals surface area contributed by atoms with Crippen LogP contribution in [-0.4, -0.2) is 25.2 Å². The lowest BCUT2D eigenvalue weighted by Gasteiger charge is -2.16. The first-order valence-corrected chi connectivity index (χ1v) is 3.74. The Labute approximate surface area is 71.8 Å². The Bertz CT molecular complexity index is 176. The van der Waals surface area contributed by atoms with Gasteiger partial charge in [0.1, 0.15) is 6.10 Å².